The third-order valence-electron chi connectivity index (χ3n) is 3.48. The minimum atomic E-state index is -0.783. The summed E-state index contributed by atoms with van der Waals surface area (Å²) in [5.74, 6) is 4.40. The lowest BCUT2D eigenvalue weighted by Crippen LogP contribution is -2.24. The lowest BCUT2D eigenvalue weighted by Gasteiger charge is -2.03. The fourth-order valence-electron chi connectivity index (χ4n) is 2.15. The lowest BCUT2D eigenvalue weighted by molar-refractivity contribution is -0.120. The van der Waals surface area contributed by atoms with Gasteiger partial charge < -0.3 is 14.6 Å². The molecule has 2 aromatic rings. The smallest absolute Gasteiger partial charge is 0.221 e. The summed E-state index contributed by atoms with van der Waals surface area (Å²) in [5.41, 5.74) is 1.73. The number of ether oxygens (including phenoxy) is 1. The molecule has 0 saturated carbocycles. The zero-order valence-corrected chi connectivity index (χ0v) is 14.0. The standard InChI is InChI=1S/C18H18F2N2O3/c1-12-15(13(2)25-22-12)6-8-18(23)21-9-3-4-10-24-17-7-5-14(19)11-16(17)20/h5,7,11H,6,8-10H2,1-2H3,(H,21,23). The second kappa shape index (κ2) is 8.83. The average molecular weight is 348 g/mol. The molecule has 0 aliphatic rings. The molecule has 0 bridgehead atoms. The molecule has 0 aliphatic heterocycles. The summed E-state index contributed by atoms with van der Waals surface area (Å²) in [6.07, 6.45) is 0.856. The van der Waals surface area contributed by atoms with Crippen LogP contribution in [0.4, 0.5) is 8.78 Å². The van der Waals surface area contributed by atoms with Crippen molar-refractivity contribution in [1.82, 2.24) is 10.5 Å². The van der Waals surface area contributed by atoms with Crippen molar-refractivity contribution in [3.05, 3.63) is 46.9 Å². The van der Waals surface area contributed by atoms with Crippen molar-refractivity contribution in [3.8, 4) is 17.6 Å². The average Bonchev–Trinajstić information content (AvgIpc) is 2.89. The maximum atomic E-state index is 13.3. The summed E-state index contributed by atoms with van der Waals surface area (Å²) in [4.78, 5) is 11.7. The molecule has 0 fully saturated rings. The van der Waals surface area contributed by atoms with Crippen molar-refractivity contribution in [2.45, 2.75) is 26.7 Å². The molecule has 0 atom stereocenters. The second-order valence-corrected chi connectivity index (χ2v) is 5.30. The number of aryl methyl sites for hydroxylation is 2. The van der Waals surface area contributed by atoms with Gasteiger partial charge >= 0.3 is 0 Å². The lowest BCUT2D eigenvalue weighted by atomic mass is 10.1. The summed E-state index contributed by atoms with van der Waals surface area (Å²) in [5, 5.41) is 6.49. The number of nitrogens with zero attached hydrogens (tertiary/aromatic N) is 1. The van der Waals surface area contributed by atoms with Crippen LogP contribution in [0.1, 0.15) is 23.4 Å². The van der Waals surface area contributed by atoms with Crippen molar-refractivity contribution in [2.75, 3.05) is 13.2 Å². The number of amides is 1. The van der Waals surface area contributed by atoms with Gasteiger partial charge in [-0.05, 0) is 32.4 Å². The van der Waals surface area contributed by atoms with Crippen LogP contribution >= 0.6 is 0 Å². The van der Waals surface area contributed by atoms with Crippen LogP contribution in [0.2, 0.25) is 0 Å². The first-order valence-electron chi connectivity index (χ1n) is 7.69. The Kier molecular flexibility index (Phi) is 6.52. The Balaban J connectivity index is 1.67. The Labute approximate surface area is 144 Å². The number of nitrogens with one attached hydrogen (secondary N) is 1. The summed E-state index contributed by atoms with van der Waals surface area (Å²) in [6, 6.07) is 3.04. The molecule has 0 saturated heterocycles. The highest BCUT2D eigenvalue weighted by Gasteiger charge is 2.10. The van der Waals surface area contributed by atoms with Gasteiger partial charge in [0.15, 0.2) is 11.6 Å². The Morgan fingerprint density at radius 2 is 2.12 bits per heavy atom. The first-order valence-corrected chi connectivity index (χ1v) is 7.69. The third kappa shape index (κ3) is 5.60. The molecular weight excluding hydrogens is 330 g/mol. The van der Waals surface area contributed by atoms with Crippen molar-refractivity contribution in [1.29, 1.82) is 0 Å². The maximum Gasteiger partial charge on any atom is 0.221 e. The van der Waals surface area contributed by atoms with Gasteiger partial charge in [-0.1, -0.05) is 17.0 Å². The fraction of sp³-hybridized carbons (Fsp3) is 0.333. The van der Waals surface area contributed by atoms with E-state index in [2.05, 4.69) is 22.3 Å². The van der Waals surface area contributed by atoms with Crippen LogP contribution in [-0.2, 0) is 11.2 Å². The highest BCUT2D eigenvalue weighted by atomic mass is 19.1. The molecule has 1 N–H and O–H groups in total. The zero-order chi connectivity index (χ0) is 18.2. The van der Waals surface area contributed by atoms with E-state index >= 15 is 0 Å². The highest BCUT2D eigenvalue weighted by Crippen LogP contribution is 2.17. The van der Waals surface area contributed by atoms with Gasteiger partial charge in [0.05, 0.1) is 12.2 Å². The number of hydrogen-bond acceptors (Lipinski definition) is 4. The minimum Gasteiger partial charge on any atom is -0.478 e. The van der Waals surface area contributed by atoms with Crippen LogP contribution in [0.3, 0.4) is 0 Å². The number of rotatable bonds is 6. The first kappa shape index (κ1) is 18.5. The largest absolute Gasteiger partial charge is 0.478 e. The molecule has 1 amide bonds. The first-order chi connectivity index (χ1) is 12.0. The van der Waals surface area contributed by atoms with Crippen molar-refractivity contribution >= 4 is 5.91 Å². The monoisotopic (exact) mass is 348 g/mol. The molecule has 1 aromatic heterocycles. The SMILES string of the molecule is Cc1noc(C)c1CCC(=O)NCC#CCOc1ccc(F)cc1F. The van der Waals surface area contributed by atoms with Crippen molar-refractivity contribution in [3.63, 3.8) is 0 Å². The molecule has 1 heterocycles. The molecule has 2 rings (SSSR count). The van der Waals surface area contributed by atoms with Crippen molar-refractivity contribution < 1.29 is 22.8 Å². The van der Waals surface area contributed by atoms with E-state index in [1.165, 1.54) is 6.07 Å². The van der Waals surface area contributed by atoms with Crippen LogP contribution in [0.25, 0.3) is 0 Å². The highest BCUT2D eigenvalue weighted by molar-refractivity contribution is 5.76. The molecule has 132 valence electrons. The van der Waals surface area contributed by atoms with Gasteiger partial charge in [-0.25, -0.2) is 8.78 Å². The predicted molar refractivity (Wildman–Crippen MR) is 86.9 cm³/mol. The van der Waals surface area contributed by atoms with Gasteiger partial charge in [0, 0.05) is 18.1 Å². The molecular formula is C18H18F2N2O3. The molecule has 5 nitrogen and oxygen atoms in total. The zero-order valence-electron chi connectivity index (χ0n) is 14.0. The van der Waals surface area contributed by atoms with Crippen LogP contribution in [-0.4, -0.2) is 24.2 Å². The molecule has 0 aliphatic carbocycles. The van der Waals surface area contributed by atoms with E-state index in [4.69, 9.17) is 9.26 Å². The summed E-state index contributed by atoms with van der Waals surface area (Å²) in [7, 11) is 0. The number of carbonyl (C=O) groups excluding carboxylic acids is 1. The summed E-state index contributed by atoms with van der Waals surface area (Å²) < 4.78 is 36.2. The normalized spacial score (nSPS) is 10.1. The quantitative estimate of drug-likeness (QED) is 0.816. The molecule has 7 heteroatoms. The van der Waals surface area contributed by atoms with Gasteiger partial charge in [-0.15, -0.1) is 0 Å². The summed E-state index contributed by atoms with van der Waals surface area (Å²) >= 11 is 0. The maximum absolute atomic E-state index is 13.3. The Morgan fingerprint density at radius 3 is 2.80 bits per heavy atom. The van der Waals surface area contributed by atoms with E-state index in [-0.39, 0.29) is 24.8 Å². The molecule has 0 spiro atoms. The molecule has 25 heavy (non-hydrogen) atoms. The third-order valence-corrected chi connectivity index (χ3v) is 3.48. The summed E-state index contributed by atoms with van der Waals surface area (Å²) in [6.45, 7) is 3.75. The number of carbonyl (C=O) groups is 1. The fourth-order valence-corrected chi connectivity index (χ4v) is 2.15. The van der Waals surface area contributed by atoms with E-state index < -0.39 is 11.6 Å². The van der Waals surface area contributed by atoms with Crippen LogP contribution in [0.5, 0.6) is 5.75 Å². The van der Waals surface area contributed by atoms with Gasteiger partial charge in [-0.2, -0.15) is 0 Å². The van der Waals surface area contributed by atoms with Gasteiger partial charge in [0.25, 0.3) is 0 Å². The van der Waals surface area contributed by atoms with Gasteiger partial charge in [0.1, 0.15) is 18.2 Å². The van der Waals surface area contributed by atoms with Crippen molar-refractivity contribution in [2.24, 2.45) is 0 Å². The van der Waals surface area contributed by atoms with E-state index in [9.17, 15) is 13.6 Å². The Morgan fingerprint density at radius 1 is 1.32 bits per heavy atom. The van der Waals surface area contributed by atoms with E-state index in [0.29, 0.717) is 12.8 Å². The van der Waals surface area contributed by atoms with E-state index in [1.807, 2.05) is 13.8 Å². The van der Waals surface area contributed by atoms with Gasteiger partial charge in [-0.3, -0.25) is 4.79 Å². The molecule has 0 radical (unpaired) electrons. The Bertz CT molecular complexity index is 787. The van der Waals surface area contributed by atoms with Gasteiger partial charge in [0.2, 0.25) is 5.91 Å². The van der Waals surface area contributed by atoms with Crippen LogP contribution in [0, 0.1) is 37.3 Å². The topological polar surface area (TPSA) is 64.4 Å². The number of halogens is 2. The number of hydrogen-bond donors (Lipinski definition) is 1. The van der Waals surface area contributed by atoms with Crippen LogP contribution in [0.15, 0.2) is 22.7 Å². The van der Waals surface area contributed by atoms with Crippen LogP contribution < -0.4 is 10.1 Å². The molecule has 0 unspecified atom stereocenters. The van der Waals surface area contributed by atoms with E-state index in [0.717, 1.165) is 29.2 Å². The number of aromatic nitrogens is 1. The predicted octanol–water partition coefficient (Wildman–Crippen LogP) is 2.70. The molecule has 1 aromatic carbocycles. The number of benzene rings is 1. The van der Waals surface area contributed by atoms with E-state index in [1.54, 1.807) is 0 Å². The Hall–Kier alpha value is -2.88. The minimum absolute atomic E-state index is 0.0580. The second-order valence-electron chi connectivity index (χ2n) is 5.30.